The predicted octanol–water partition coefficient (Wildman–Crippen LogP) is 6.95. The second-order valence-corrected chi connectivity index (χ2v) is 15.6. The molecule has 0 bridgehead atoms. The number of benzene rings is 2. The van der Waals surface area contributed by atoms with Gasteiger partial charge in [0.2, 0.25) is 0 Å². The number of carbonyl (C=O) groups is 3. The van der Waals surface area contributed by atoms with Gasteiger partial charge >= 0.3 is 6.09 Å². The fraction of sp³-hybridized carbons (Fsp3) is 0.468. The van der Waals surface area contributed by atoms with Gasteiger partial charge in [-0.2, -0.15) is 0 Å². The lowest BCUT2D eigenvalue weighted by molar-refractivity contribution is 0.0464. The number of amides is 3. The van der Waals surface area contributed by atoms with E-state index in [0.717, 1.165) is 21.6 Å². The maximum Gasteiger partial charge on any atom is 0.416 e. The highest BCUT2D eigenvalue weighted by Gasteiger charge is 2.47. The maximum atomic E-state index is 13.8. The lowest BCUT2D eigenvalue weighted by Gasteiger charge is -2.31. The molecule has 0 aliphatic carbocycles. The van der Waals surface area contributed by atoms with Crippen molar-refractivity contribution in [2.45, 2.75) is 90.6 Å². The number of nitrogens with zero attached hydrogens (tertiary/aromatic N) is 3. The summed E-state index contributed by atoms with van der Waals surface area (Å²) in [4.78, 5) is 45.0. The Morgan fingerprint density at radius 1 is 0.869 bits per heavy atom. The molecule has 6 rings (SSSR count). The molecule has 4 heterocycles. The van der Waals surface area contributed by atoms with E-state index in [2.05, 4.69) is 40.2 Å². The van der Waals surface area contributed by atoms with Crippen LogP contribution in [0.15, 0.2) is 85.0 Å². The number of ether oxygens (including phenoxy) is 5. The molecule has 2 saturated heterocycles. The summed E-state index contributed by atoms with van der Waals surface area (Å²) in [7, 11) is 2.94. The van der Waals surface area contributed by atoms with Gasteiger partial charge in [0, 0.05) is 37.1 Å². The molecule has 332 valence electrons. The van der Waals surface area contributed by atoms with Crippen molar-refractivity contribution in [3.63, 3.8) is 0 Å². The van der Waals surface area contributed by atoms with E-state index in [4.69, 9.17) is 28.8 Å². The third-order valence-electron chi connectivity index (χ3n) is 10.9. The molecule has 5 atom stereocenters. The van der Waals surface area contributed by atoms with Crippen LogP contribution in [0, 0.1) is 0 Å². The molecule has 14 nitrogen and oxygen atoms in total. The maximum absolute atomic E-state index is 13.8. The standard InChI is InChI=1S/C39H45N3O10.C5H10O.C3H8/c1-8-21(2)20-52-39(47)42-28-17-34(32(49-7)16-27(28)37(45)41-19-23(4)13-30(41)38(42)46)51-11-9-10-50-33-14-25-24(5)35(43)29-12-22(3)18-40(29)36(44)26(25)15-31(33)48-6;1-3-5(2)4-6;1-3-2/h8,14-17,24,29-30,35,38,43,46H,1-4,9-13,18-20H2,5-7H3;3,6H,4H2,1-2H3;3H2,1-2H3/b;5-3+;. The Balaban J connectivity index is 0.000000827. The molecule has 0 radical (unpaired) electrons. The molecule has 61 heavy (non-hydrogen) atoms. The van der Waals surface area contributed by atoms with E-state index in [1.807, 2.05) is 26.8 Å². The van der Waals surface area contributed by atoms with Gasteiger partial charge in [-0.15, -0.1) is 0 Å². The second kappa shape index (κ2) is 21.8. The molecule has 3 N–H and O–H groups in total. The number of carbonyl (C=O) groups excluding carboxylic acids is 3. The van der Waals surface area contributed by atoms with Crippen molar-refractivity contribution in [2.24, 2.45) is 0 Å². The summed E-state index contributed by atoms with van der Waals surface area (Å²) in [6.07, 6.45) is 2.77. The quantitative estimate of drug-likeness (QED) is 0.115. The Kier molecular flexibility index (Phi) is 17.2. The number of aliphatic hydroxyl groups is 3. The SMILES string of the molecule is C/C=C(\C)CO.C=CC(=C)COC(=O)N1c2cc(OCCCOc3cc4c(cc3OC)C(=O)N3CC(=C)CC3C(O)C4C)c(OC)cc2C(=O)N2CC(=C)CC2C1O.CCC. The van der Waals surface area contributed by atoms with Crippen LogP contribution in [0.2, 0.25) is 0 Å². The van der Waals surface area contributed by atoms with Gasteiger partial charge in [-0.25, -0.2) is 9.69 Å². The van der Waals surface area contributed by atoms with E-state index in [1.54, 1.807) is 17.0 Å². The van der Waals surface area contributed by atoms with Crippen molar-refractivity contribution in [3.8, 4) is 23.0 Å². The average Bonchev–Trinajstić information content (AvgIpc) is 3.83. The number of hydrogen-bond donors (Lipinski definition) is 3. The molecular weight excluding hydrogens is 783 g/mol. The Labute approximate surface area is 360 Å². The zero-order chi connectivity index (χ0) is 45.1. The second-order valence-electron chi connectivity index (χ2n) is 15.6. The molecule has 4 aliphatic rings. The fourth-order valence-corrected chi connectivity index (χ4v) is 7.42. The van der Waals surface area contributed by atoms with Crippen molar-refractivity contribution in [3.05, 3.63) is 102 Å². The van der Waals surface area contributed by atoms with Gasteiger partial charge in [-0.3, -0.25) is 9.59 Å². The summed E-state index contributed by atoms with van der Waals surface area (Å²) in [5.41, 5.74) is 4.51. The van der Waals surface area contributed by atoms with E-state index in [-0.39, 0.29) is 73.6 Å². The number of allylic oxidation sites excluding steroid dienone is 1. The van der Waals surface area contributed by atoms with Crippen LogP contribution >= 0.6 is 0 Å². The summed E-state index contributed by atoms with van der Waals surface area (Å²) in [5, 5.41) is 31.0. The zero-order valence-electron chi connectivity index (χ0n) is 36.7. The molecule has 2 aromatic rings. The van der Waals surface area contributed by atoms with Crippen LogP contribution in [0.3, 0.4) is 0 Å². The van der Waals surface area contributed by atoms with Crippen LogP contribution in [-0.2, 0) is 4.74 Å². The summed E-state index contributed by atoms with van der Waals surface area (Å²) < 4.78 is 28.9. The molecule has 2 aromatic carbocycles. The first-order valence-corrected chi connectivity index (χ1v) is 20.6. The number of fused-ring (bicyclic) bond motifs is 4. The van der Waals surface area contributed by atoms with Gasteiger partial charge in [0.25, 0.3) is 11.8 Å². The van der Waals surface area contributed by atoms with Crippen LogP contribution in [0.4, 0.5) is 10.5 Å². The minimum Gasteiger partial charge on any atom is -0.493 e. The smallest absolute Gasteiger partial charge is 0.416 e. The molecule has 5 unspecified atom stereocenters. The highest BCUT2D eigenvalue weighted by Crippen LogP contribution is 2.43. The molecule has 14 heteroatoms. The van der Waals surface area contributed by atoms with Gasteiger partial charge in [-0.05, 0) is 56.0 Å². The van der Waals surface area contributed by atoms with E-state index < -0.39 is 30.4 Å². The van der Waals surface area contributed by atoms with Crippen molar-refractivity contribution in [2.75, 3.05) is 58.6 Å². The summed E-state index contributed by atoms with van der Waals surface area (Å²) in [6, 6.07) is 5.32. The van der Waals surface area contributed by atoms with E-state index >= 15 is 0 Å². The van der Waals surface area contributed by atoms with E-state index in [0.29, 0.717) is 54.0 Å². The summed E-state index contributed by atoms with van der Waals surface area (Å²) in [5.74, 6) is 0.375. The summed E-state index contributed by atoms with van der Waals surface area (Å²) in [6.45, 7) is 26.4. The topological polar surface area (TPSA) is 168 Å². The van der Waals surface area contributed by atoms with Crippen LogP contribution < -0.4 is 23.8 Å². The molecule has 4 aliphatic heterocycles. The van der Waals surface area contributed by atoms with Crippen LogP contribution in [-0.4, -0.2) is 121 Å². The van der Waals surface area contributed by atoms with Crippen LogP contribution in [0.25, 0.3) is 0 Å². The lowest BCUT2D eigenvalue weighted by atomic mass is 9.88. The Morgan fingerprint density at radius 2 is 1.39 bits per heavy atom. The normalized spacial score (nSPS) is 21.6. The van der Waals surface area contributed by atoms with Gasteiger partial charge in [0.05, 0.1) is 63.5 Å². The van der Waals surface area contributed by atoms with Gasteiger partial charge < -0.3 is 48.8 Å². The molecule has 0 spiro atoms. The highest BCUT2D eigenvalue weighted by atomic mass is 16.6. The number of hydrogen-bond acceptors (Lipinski definition) is 11. The van der Waals surface area contributed by atoms with Gasteiger partial charge in [-0.1, -0.05) is 82.4 Å². The number of anilines is 1. The lowest BCUT2D eigenvalue weighted by Crippen LogP contribution is -2.51. The third kappa shape index (κ3) is 10.9. The van der Waals surface area contributed by atoms with Crippen molar-refractivity contribution in [1.82, 2.24) is 9.80 Å². The van der Waals surface area contributed by atoms with Crippen molar-refractivity contribution >= 4 is 23.6 Å². The highest BCUT2D eigenvalue weighted by molar-refractivity contribution is 6.06. The first-order valence-electron chi connectivity index (χ1n) is 20.6. The predicted molar refractivity (Wildman–Crippen MR) is 235 cm³/mol. The van der Waals surface area contributed by atoms with Crippen LogP contribution in [0.5, 0.6) is 23.0 Å². The zero-order valence-corrected chi connectivity index (χ0v) is 36.7. The van der Waals surface area contributed by atoms with E-state index in [9.17, 15) is 24.6 Å². The number of methoxy groups -OCH3 is 2. The first kappa shape index (κ1) is 48.1. The van der Waals surface area contributed by atoms with Crippen LogP contribution in [0.1, 0.15) is 92.5 Å². The average molecular weight is 846 g/mol. The van der Waals surface area contributed by atoms with Crippen molar-refractivity contribution < 1.29 is 53.4 Å². The first-order chi connectivity index (χ1) is 29.1. The fourth-order valence-electron chi connectivity index (χ4n) is 7.42. The number of aliphatic hydroxyl groups excluding tert-OH is 3. The Morgan fingerprint density at radius 3 is 1.92 bits per heavy atom. The van der Waals surface area contributed by atoms with Gasteiger partial charge in [0.1, 0.15) is 6.61 Å². The molecule has 2 fully saturated rings. The minimum atomic E-state index is -1.44. The Bertz CT molecular complexity index is 2010. The largest absolute Gasteiger partial charge is 0.493 e. The Hall–Kier alpha value is -5.57. The van der Waals surface area contributed by atoms with Gasteiger partial charge in [0.15, 0.2) is 29.2 Å². The van der Waals surface area contributed by atoms with Crippen molar-refractivity contribution in [1.29, 1.82) is 0 Å². The molecule has 3 amide bonds. The molecule has 0 saturated carbocycles. The third-order valence-corrected chi connectivity index (χ3v) is 10.9. The monoisotopic (exact) mass is 845 g/mol. The number of rotatable bonds is 12. The molecule has 0 aromatic heterocycles. The summed E-state index contributed by atoms with van der Waals surface area (Å²) >= 11 is 0. The minimum absolute atomic E-state index is 0.101. The van der Waals surface area contributed by atoms with E-state index in [1.165, 1.54) is 43.7 Å². The molecular formula is C47H63N3O11.